The second-order valence-corrected chi connectivity index (χ2v) is 5.46. The van der Waals surface area contributed by atoms with Crippen LogP contribution in [0.2, 0.25) is 0 Å². The minimum atomic E-state index is -0.437. The summed E-state index contributed by atoms with van der Waals surface area (Å²) >= 11 is 0. The van der Waals surface area contributed by atoms with Crippen molar-refractivity contribution in [2.75, 3.05) is 5.73 Å². The first kappa shape index (κ1) is 13.0. The molecule has 0 saturated heterocycles. The van der Waals surface area contributed by atoms with Crippen LogP contribution in [0.25, 0.3) is 10.9 Å². The highest BCUT2D eigenvalue weighted by Crippen LogP contribution is 2.21. The molecule has 1 aliphatic carbocycles. The van der Waals surface area contributed by atoms with Crippen molar-refractivity contribution in [2.24, 2.45) is 0 Å². The summed E-state index contributed by atoms with van der Waals surface area (Å²) in [6, 6.07) is 7.13. The van der Waals surface area contributed by atoms with Gasteiger partial charge in [0.15, 0.2) is 0 Å². The summed E-state index contributed by atoms with van der Waals surface area (Å²) in [7, 11) is 0. The van der Waals surface area contributed by atoms with Crippen LogP contribution < -0.4 is 11.1 Å². The first-order valence-electron chi connectivity index (χ1n) is 7.00. The molecule has 1 aliphatic rings. The third-order valence-electron chi connectivity index (χ3n) is 3.94. The van der Waals surface area contributed by atoms with Crippen molar-refractivity contribution in [3.8, 4) is 0 Å². The monoisotopic (exact) mass is 273 g/mol. The van der Waals surface area contributed by atoms with Crippen LogP contribution in [0.3, 0.4) is 0 Å². The summed E-state index contributed by atoms with van der Waals surface area (Å²) in [5, 5.41) is 13.7. The van der Waals surface area contributed by atoms with Crippen molar-refractivity contribution in [3.05, 3.63) is 30.0 Å². The molecule has 1 aromatic carbocycles. The number of aliphatic hydroxyl groups is 1. The maximum Gasteiger partial charge on any atom is 0.268 e. The Balaban J connectivity index is 1.78. The van der Waals surface area contributed by atoms with E-state index in [1.807, 2.05) is 12.1 Å². The molecule has 106 valence electrons. The molecule has 5 nitrogen and oxygen atoms in total. The van der Waals surface area contributed by atoms with Crippen LogP contribution in [-0.4, -0.2) is 28.1 Å². The van der Waals surface area contributed by atoms with Crippen molar-refractivity contribution in [3.63, 3.8) is 0 Å². The molecule has 1 fully saturated rings. The Labute approximate surface area is 117 Å². The zero-order chi connectivity index (χ0) is 14.1. The van der Waals surface area contributed by atoms with Crippen LogP contribution in [0.4, 0.5) is 5.69 Å². The lowest BCUT2D eigenvalue weighted by Crippen LogP contribution is -2.45. The van der Waals surface area contributed by atoms with Gasteiger partial charge in [0, 0.05) is 16.6 Å². The Morgan fingerprint density at radius 1 is 1.30 bits per heavy atom. The summed E-state index contributed by atoms with van der Waals surface area (Å²) in [6.07, 6.45) is 3.23. The molecule has 0 radical (unpaired) electrons. The topological polar surface area (TPSA) is 91.1 Å². The minimum Gasteiger partial charge on any atom is -0.399 e. The van der Waals surface area contributed by atoms with Gasteiger partial charge in [-0.1, -0.05) is 12.8 Å². The number of aromatic amines is 1. The van der Waals surface area contributed by atoms with Gasteiger partial charge < -0.3 is 21.1 Å². The van der Waals surface area contributed by atoms with Gasteiger partial charge in [0.05, 0.1) is 12.1 Å². The van der Waals surface area contributed by atoms with E-state index in [9.17, 15) is 9.90 Å². The molecule has 1 amide bonds. The average Bonchev–Trinajstić information content (AvgIpc) is 2.84. The molecule has 0 spiro atoms. The van der Waals surface area contributed by atoms with Crippen molar-refractivity contribution < 1.29 is 9.90 Å². The third-order valence-corrected chi connectivity index (χ3v) is 3.94. The number of nitrogen functional groups attached to an aromatic ring is 1. The molecule has 1 saturated carbocycles. The SMILES string of the molecule is Nc1ccc2[nH]c(C(=O)N[C@@H]3CCCC[C@H]3O)cc2c1. The number of carbonyl (C=O) groups is 1. The highest BCUT2D eigenvalue weighted by Gasteiger charge is 2.25. The molecule has 2 aromatic rings. The van der Waals surface area contributed by atoms with Crippen LogP contribution in [0.1, 0.15) is 36.2 Å². The van der Waals surface area contributed by atoms with E-state index >= 15 is 0 Å². The number of H-pyrrole nitrogens is 1. The average molecular weight is 273 g/mol. The third kappa shape index (κ3) is 2.49. The van der Waals surface area contributed by atoms with Gasteiger partial charge in [-0.3, -0.25) is 4.79 Å². The molecule has 1 aromatic heterocycles. The zero-order valence-electron chi connectivity index (χ0n) is 11.2. The molecular formula is C15H19N3O2. The quantitative estimate of drug-likeness (QED) is 0.629. The van der Waals surface area contributed by atoms with Gasteiger partial charge in [-0.05, 0) is 37.1 Å². The lowest BCUT2D eigenvalue weighted by atomic mass is 9.92. The van der Waals surface area contributed by atoms with Gasteiger partial charge in [0.2, 0.25) is 0 Å². The summed E-state index contributed by atoms with van der Waals surface area (Å²) in [5.41, 5.74) is 7.79. The van der Waals surface area contributed by atoms with Gasteiger partial charge in [0.1, 0.15) is 5.69 Å². The first-order valence-corrected chi connectivity index (χ1v) is 7.00. The number of nitrogens with two attached hydrogens (primary N) is 1. The smallest absolute Gasteiger partial charge is 0.268 e. The summed E-state index contributed by atoms with van der Waals surface area (Å²) in [5.74, 6) is -0.175. The van der Waals surface area contributed by atoms with Gasteiger partial charge in [-0.2, -0.15) is 0 Å². The molecule has 0 aliphatic heterocycles. The number of carbonyl (C=O) groups excluding carboxylic acids is 1. The number of benzene rings is 1. The number of nitrogens with one attached hydrogen (secondary N) is 2. The van der Waals surface area contributed by atoms with E-state index in [-0.39, 0.29) is 11.9 Å². The molecule has 1 heterocycles. The Morgan fingerprint density at radius 2 is 2.10 bits per heavy atom. The molecule has 5 heteroatoms. The van der Waals surface area contributed by atoms with Gasteiger partial charge in [0.25, 0.3) is 5.91 Å². The van der Waals surface area contributed by atoms with Gasteiger partial charge in [-0.25, -0.2) is 0 Å². The Morgan fingerprint density at radius 3 is 2.90 bits per heavy atom. The minimum absolute atomic E-state index is 0.146. The highest BCUT2D eigenvalue weighted by atomic mass is 16.3. The Kier molecular flexibility index (Phi) is 3.36. The van der Waals surface area contributed by atoms with E-state index in [1.165, 1.54) is 0 Å². The normalized spacial score (nSPS) is 22.9. The molecule has 0 bridgehead atoms. The second-order valence-electron chi connectivity index (χ2n) is 5.46. The predicted octanol–water partition coefficient (Wildman–Crippen LogP) is 1.78. The number of hydrogen-bond donors (Lipinski definition) is 4. The van der Waals surface area contributed by atoms with Crippen molar-refractivity contribution in [1.82, 2.24) is 10.3 Å². The van der Waals surface area contributed by atoms with Crippen LogP contribution >= 0.6 is 0 Å². The van der Waals surface area contributed by atoms with Crippen molar-refractivity contribution >= 4 is 22.5 Å². The van der Waals surface area contributed by atoms with Crippen LogP contribution in [0.15, 0.2) is 24.3 Å². The Bertz CT molecular complexity index is 635. The largest absolute Gasteiger partial charge is 0.399 e. The molecule has 0 unspecified atom stereocenters. The predicted molar refractivity (Wildman–Crippen MR) is 78.4 cm³/mol. The number of amides is 1. The lowest BCUT2D eigenvalue weighted by molar-refractivity contribution is 0.0714. The van der Waals surface area contributed by atoms with E-state index in [2.05, 4.69) is 10.3 Å². The molecule has 20 heavy (non-hydrogen) atoms. The van der Waals surface area contributed by atoms with E-state index in [4.69, 9.17) is 5.73 Å². The van der Waals surface area contributed by atoms with Gasteiger partial charge in [-0.15, -0.1) is 0 Å². The van der Waals surface area contributed by atoms with Crippen molar-refractivity contribution in [1.29, 1.82) is 0 Å². The molecule has 3 rings (SSSR count). The van der Waals surface area contributed by atoms with E-state index < -0.39 is 6.10 Å². The highest BCUT2D eigenvalue weighted by molar-refractivity contribution is 5.98. The van der Waals surface area contributed by atoms with E-state index in [0.717, 1.165) is 36.6 Å². The summed E-state index contributed by atoms with van der Waals surface area (Å²) in [4.78, 5) is 15.3. The maximum atomic E-state index is 12.2. The van der Waals surface area contributed by atoms with E-state index in [1.54, 1.807) is 12.1 Å². The molecule has 5 N–H and O–H groups in total. The lowest BCUT2D eigenvalue weighted by Gasteiger charge is -2.28. The summed E-state index contributed by atoms with van der Waals surface area (Å²) < 4.78 is 0. The molecule has 2 atom stereocenters. The van der Waals surface area contributed by atoms with Crippen LogP contribution in [-0.2, 0) is 0 Å². The fourth-order valence-electron chi connectivity index (χ4n) is 2.80. The van der Waals surface area contributed by atoms with Crippen LogP contribution in [0.5, 0.6) is 0 Å². The number of aromatic nitrogens is 1. The first-order chi connectivity index (χ1) is 9.63. The number of anilines is 1. The maximum absolute atomic E-state index is 12.2. The fourth-order valence-corrected chi connectivity index (χ4v) is 2.80. The van der Waals surface area contributed by atoms with Crippen LogP contribution in [0, 0.1) is 0 Å². The second kappa shape index (κ2) is 5.17. The standard InChI is InChI=1S/C15H19N3O2/c16-10-5-6-11-9(7-10)8-13(17-11)15(20)18-12-3-1-2-4-14(12)19/h5-8,12,14,17,19H,1-4,16H2,(H,18,20)/t12-,14-/m1/s1. The number of hydrogen-bond acceptors (Lipinski definition) is 3. The van der Waals surface area contributed by atoms with E-state index in [0.29, 0.717) is 11.4 Å². The van der Waals surface area contributed by atoms with Crippen molar-refractivity contribution in [2.45, 2.75) is 37.8 Å². The Hall–Kier alpha value is -2.01. The number of rotatable bonds is 2. The van der Waals surface area contributed by atoms with Gasteiger partial charge >= 0.3 is 0 Å². The fraction of sp³-hybridized carbons (Fsp3) is 0.400. The number of aliphatic hydroxyl groups excluding tert-OH is 1. The zero-order valence-corrected chi connectivity index (χ0v) is 11.2. The summed E-state index contributed by atoms with van der Waals surface area (Å²) in [6.45, 7) is 0. The molecular weight excluding hydrogens is 254 g/mol. The number of fused-ring (bicyclic) bond motifs is 1.